The monoisotopic (exact) mass is 373 g/mol. The summed E-state index contributed by atoms with van der Waals surface area (Å²) >= 11 is 4.77. The maximum absolute atomic E-state index is 12.4. The number of thiophene rings is 2. The number of fused-ring (bicyclic) bond motifs is 1. The van der Waals surface area contributed by atoms with Gasteiger partial charge in [-0.25, -0.2) is 8.78 Å². The first-order valence-corrected chi connectivity index (χ1v) is 9.69. The quantitative estimate of drug-likeness (QED) is 0.621. The molecule has 0 fully saturated rings. The van der Waals surface area contributed by atoms with Gasteiger partial charge in [-0.05, 0) is 41.9 Å². The molecule has 3 aromatic rings. The SMILES string of the molecule is Cc1c(C[C@@H](N)CC(F)F)sc2c(NCc3cccs3)snc12. The third kappa shape index (κ3) is 3.88. The van der Waals surface area contributed by atoms with Crippen LogP contribution in [0.15, 0.2) is 17.5 Å². The first kappa shape index (κ1) is 16.8. The number of aryl methyl sites for hydroxylation is 1. The normalized spacial score (nSPS) is 13.1. The van der Waals surface area contributed by atoms with Crippen LogP contribution in [0.3, 0.4) is 0 Å². The van der Waals surface area contributed by atoms with E-state index in [0.717, 1.165) is 32.2 Å². The highest BCUT2D eigenvalue weighted by Gasteiger charge is 2.19. The fourth-order valence-corrected chi connectivity index (χ4v) is 5.31. The van der Waals surface area contributed by atoms with Gasteiger partial charge in [0.05, 0.1) is 11.2 Å². The molecule has 0 bridgehead atoms. The van der Waals surface area contributed by atoms with Crippen molar-refractivity contribution in [1.82, 2.24) is 4.37 Å². The van der Waals surface area contributed by atoms with Crippen LogP contribution in [0.2, 0.25) is 0 Å². The molecule has 0 saturated heterocycles. The number of alkyl halides is 2. The van der Waals surface area contributed by atoms with Gasteiger partial charge in [-0.2, -0.15) is 4.37 Å². The molecule has 3 aromatic heterocycles. The molecule has 0 amide bonds. The molecule has 3 heterocycles. The molecule has 0 unspecified atom stereocenters. The Balaban J connectivity index is 1.76. The molecule has 0 spiro atoms. The second-order valence-electron chi connectivity index (χ2n) is 5.36. The largest absolute Gasteiger partial charge is 0.370 e. The third-order valence-corrected chi connectivity index (χ3v) is 6.71. The summed E-state index contributed by atoms with van der Waals surface area (Å²) in [7, 11) is 0. The summed E-state index contributed by atoms with van der Waals surface area (Å²) in [6.07, 6.45) is -2.14. The predicted molar refractivity (Wildman–Crippen MR) is 96.2 cm³/mol. The van der Waals surface area contributed by atoms with E-state index in [-0.39, 0.29) is 6.42 Å². The summed E-state index contributed by atoms with van der Waals surface area (Å²) in [6.45, 7) is 2.76. The third-order valence-electron chi connectivity index (χ3n) is 3.58. The number of hydrogen-bond donors (Lipinski definition) is 2. The molecule has 0 aliphatic rings. The van der Waals surface area contributed by atoms with Gasteiger partial charge in [-0.15, -0.1) is 22.7 Å². The number of nitrogens with zero attached hydrogens (tertiary/aromatic N) is 1. The van der Waals surface area contributed by atoms with Crippen LogP contribution in [-0.2, 0) is 13.0 Å². The molecule has 0 aliphatic carbocycles. The first-order valence-electron chi connectivity index (χ1n) is 7.22. The molecule has 0 aliphatic heterocycles. The smallest absolute Gasteiger partial charge is 0.240 e. The van der Waals surface area contributed by atoms with Crippen molar-refractivity contribution < 1.29 is 8.78 Å². The van der Waals surface area contributed by atoms with E-state index in [2.05, 4.69) is 21.1 Å². The van der Waals surface area contributed by atoms with Crippen LogP contribution in [0.25, 0.3) is 10.2 Å². The fraction of sp³-hybridized carbons (Fsp3) is 0.400. The zero-order valence-electron chi connectivity index (χ0n) is 12.5. The second kappa shape index (κ2) is 7.21. The van der Waals surface area contributed by atoms with Crippen LogP contribution >= 0.6 is 34.2 Å². The maximum Gasteiger partial charge on any atom is 0.240 e. The van der Waals surface area contributed by atoms with E-state index in [0.29, 0.717) is 6.42 Å². The molecule has 8 heteroatoms. The number of hydrogen-bond acceptors (Lipinski definition) is 6. The molecule has 1 atom stereocenters. The highest BCUT2D eigenvalue weighted by molar-refractivity contribution is 7.24. The molecule has 23 heavy (non-hydrogen) atoms. The standard InChI is InChI=1S/C15H17F2N3S3/c1-8-11(5-9(18)6-12(16)17)22-14-13(8)20-23-15(14)19-7-10-3-2-4-21-10/h2-4,9,12,19H,5-7,18H2,1H3/t9-/m1/s1. The summed E-state index contributed by atoms with van der Waals surface area (Å²) in [4.78, 5) is 2.32. The van der Waals surface area contributed by atoms with E-state index in [9.17, 15) is 8.78 Å². The number of aromatic nitrogens is 1. The fourth-order valence-electron chi connectivity index (χ4n) is 2.39. The lowest BCUT2D eigenvalue weighted by molar-refractivity contribution is 0.128. The molecular weight excluding hydrogens is 356 g/mol. The average molecular weight is 374 g/mol. The minimum Gasteiger partial charge on any atom is -0.370 e. The van der Waals surface area contributed by atoms with Crippen molar-refractivity contribution in [2.75, 3.05) is 5.32 Å². The van der Waals surface area contributed by atoms with Gasteiger partial charge >= 0.3 is 0 Å². The number of anilines is 1. The van der Waals surface area contributed by atoms with Crippen molar-refractivity contribution in [3.8, 4) is 0 Å². The van der Waals surface area contributed by atoms with Crippen molar-refractivity contribution in [2.45, 2.75) is 38.8 Å². The summed E-state index contributed by atoms with van der Waals surface area (Å²) < 4.78 is 30.5. The average Bonchev–Trinajstić information content (AvgIpc) is 3.17. The Morgan fingerprint density at radius 2 is 2.22 bits per heavy atom. The van der Waals surface area contributed by atoms with Gasteiger partial charge in [-0.1, -0.05) is 6.07 Å². The predicted octanol–water partition coefficient (Wildman–Crippen LogP) is 4.86. The molecule has 0 saturated carbocycles. The van der Waals surface area contributed by atoms with Gasteiger partial charge in [0.2, 0.25) is 6.43 Å². The molecule has 124 valence electrons. The lowest BCUT2D eigenvalue weighted by Gasteiger charge is -2.09. The molecule has 3 N–H and O–H groups in total. The van der Waals surface area contributed by atoms with E-state index < -0.39 is 12.5 Å². The summed E-state index contributed by atoms with van der Waals surface area (Å²) in [6, 6.07) is 3.61. The Bertz CT molecular complexity index is 764. The van der Waals surface area contributed by atoms with Gasteiger partial charge in [0.15, 0.2) is 0 Å². The van der Waals surface area contributed by atoms with Gasteiger partial charge in [-0.3, -0.25) is 0 Å². The van der Waals surface area contributed by atoms with Gasteiger partial charge < -0.3 is 11.1 Å². The first-order chi connectivity index (χ1) is 11.0. The van der Waals surface area contributed by atoms with Crippen LogP contribution in [0, 0.1) is 6.92 Å². The van der Waals surface area contributed by atoms with Gasteiger partial charge in [0.25, 0.3) is 0 Å². The van der Waals surface area contributed by atoms with E-state index in [4.69, 9.17) is 5.73 Å². The van der Waals surface area contributed by atoms with Crippen LogP contribution in [0.5, 0.6) is 0 Å². The molecular formula is C15H17F2N3S3. The molecule has 3 nitrogen and oxygen atoms in total. The zero-order valence-corrected chi connectivity index (χ0v) is 15.0. The van der Waals surface area contributed by atoms with Crippen molar-refractivity contribution in [1.29, 1.82) is 0 Å². The second-order valence-corrected chi connectivity index (χ2v) is 8.27. The Hall–Kier alpha value is -1.09. The Kier molecular flexibility index (Phi) is 5.25. The van der Waals surface area contributed by atoms with Gasteiger partial charge in [0, 0.05) is 22.2 Å². The van der Waals surface area contributed by atoms with Crippen LogP contribution < -0.4 is 11.1 Å². The number of rotatable bonds is 7. The lowest BCUT2D eigenvalue weighted by atomic mass is 10.1. The lowest BCUT2D eigenvalue weighted by Crippen LogP contribution is -2.25. The minimum absolute atomic E-state index is 0.263. The van der Waals surface area contributed by atoms with Gasteiger partial charge in [0.1, 0.15) is 10.5 Å². The number of halogens is 2. The van der Waals surface area contributed by atoms with E-state index in [1.807, 2.05) is 13.0 Å². The van der Waals surface area contributed by atoms with Crippen LogP contribution in [0.1, 0.15) is 21.7 Å². The Morgan fingerprint density at radius 1 is 1.39 bits per heavy atom. The minimum atomic E-state index is -2.35. The summed E-state index contributed by atoms with van der Waals surface area (Å²) in [5.74, 6) is 0. The summed E-state index contributed by atoms with van der Waals surface area (Å²) in [5.41, 5.74) is 7.85. The molecule has 3 rings (SSSR count). The highest BCUT2D eigenvalue weighted by atomic mass is 32.1. The van der Waals surface area contributed by atoms with Crippen molar-refractivity contribution >= 4 is 49.4 Å². The van der Waals surface area contributed by atoms with E-state index >= 15 is 0 Å². The summed E-state index contributed by atoms with van der Waals surface area (Å²) in [5, 5.41) is 6.51. The number of nitrogens with two attached hydrogens (primary N) is 1. The van der Waals surface area contributed by atoms with Crippen molar-refractivity contribution in [3.05, 3.63) is 32.8 Å². The van der Waals surface area contributed by atoms with Crippen LogP contribution in [0.4, 0.5) is 13.8 Å². The van der Waals surface area contributed by atoms with E-state index in [1.54, 1.807) is 22.7 Å². The zero-order chi connectivity index (χ0) is 16.4. The van der Waals surface area contributed by atoms with Crippen molar-refractivity contribution in [2.24, 2.45) is 5.73 Å². The van der Waals surface area contributed by atoms with E-state index in [1.165, 1.54) is 16.4 Å². The van der Waals surface area contributed by atoms with Crippen molar-refractivity contribution in [3.63, 3.8) is 0 Å². The number of nitrogens with one attached hydrogen (secondary N) is 1. The Labute approximate surface area is 145 Å². The molecule has 0 radical (unpaired) electrons. The topological polar surface area (TPSA) is 50.9 Å². The maximum atomic E-state index is 12.4. The molecule has 0 aromatic carbocycles. The Morgan fingerprint density at radius 3 is 2.91 bits per heavy atom. The van der Waals surface area contributed by atoms with Crippen LogP contribution in [-0.4, -0.2) is 16.8 Å². The highest BCUT2D eigenvalue weighted by Crippen LogP contribution is 2.39.